The second-order valence-electron chi connectivity index (χ2n) is 6.72. The van der Waals surface area contributed by atoms with Gasteiger partial charge in [0.25, 0.3) is 11.5 Å². The molecule has 4 rings (SSSR count). The minimum absolute atomic E-state index is 0.121. The Morgan fingerprint density at radius 2 is 2.03 bits per heavy atom. The molecule has 0 saturated carbocycles. The molecule has 1 aliphatic rings. The molecule has 1 aliphatic heterocycles. The molecule has 8 nitrogen and oxygen atoms in total. The summed E-state index contributed by atoms with van der Waals surface area (Å²) in [5.41, 5.74) is -1.66. The number of alkyl halides is 3. The topological polar surface area (TPSA) is 100 Å². The predicted octanol–water partition coefficient (Wildman–Crippen LogP) is 3.04. The van der Waals surface area contributed by atoms with E-state index in [9.17, 15) is 27.2 Å². The second kappa shape index (κ2) is 7.78. The molecule has 0 atom stereocenters. The van der Waals surface area contributed by atoms with Crippen LogP contribution in [0.3, 0.4) is 0 Å². The van der Waals surface area contributed by atoms with Crippen LogP contribution in [0.15, 0.2) is 52.1 Å². The highest BCUT2D eigenvalue weighted by molar-refractivity contribution is 6.07. The van der Waals surface area contributed by atoms with Gasteiger partial charge in [0.05, 0.1) is 24.3 Å². The molecule has 0 unspecified atom stereocenters. The molecular weight excluding hydrogens is 424 g/mol. The van der Waals surface area contributed by atoms with Gasteiger partial charge in [-0.3, -0.25) is 9.59 Å². The lowest BCUT2D eigenvalue weighted by molar-refractivity contribution is -0.137. The van der Waals surface area contributed by atoms with Crippen molar-refractivity contribution in [1.82, 2.24) is 10.1 Å². The average Bonchev–Trinajstić information content (AvgIpc) is 3.16. The number of ether oxygens (including phenoxy) is 1. The number of benzene rings is 1. The van der Waals surface area contributed by atoms with Gasteiger partial charge in [-0.2, -0.15) is 13.2 Å². The summed E-state index contributed by atoms with van der Waals surface area (Å²) in [6.45, 7) is 0.344. The molecular formula is C19H14F4N4O4. The molecule has 0 spiro atoms. The van der Waals surface area contributed by atoms with Gasteiger partial charge in [0.15, 0.2) is 5.82 Å². The number of hydrogen-bond acceptors (Lipinski definition) is 6. The van der Waals surface area contributed by atoms with Gasteiger partial charge in [-0.25, -0.2) is 4.39 Å². The lowest BCUT2D eigenvalue weighted by atomic mass is 10.1. The highest BCUT2D eigenvalue weighted by atomic mass is 19.4. The van der Waals surface area contributed by atoms with Crippen molar-refractivity contribution in [2.75, 3.05) is 23.3 Å². The molecule has 2 aromatic heterocycles. The molecule has 0 radical (unpaired) electrons. The summed E-state index contributed by atoms with van der Waals surface area (Å²) in [4.78, 5) is 28.8. The molecule has 1 fully saturated rings. The first kappa shape index (κ1) is 20.4. The van der Waals surface area contributed by atoms with Crippen molar-refractivity contribution in [3.05, 3.63) is 70.1 Å². The minimum Gasteiger partial charge on any atom is -0.487 e. The summed E-state index contributed by atoms with van der Waals surface area (Å²) in [5.74, 6) is -1.92. The lowest BCUT2D eigenvalue weighted by Gasteiger charge is -2.41. The van der Waals surface area contributed by atoms with Crippen molar-refractivity contribution in [2.45, 2.75) is 12.3 Å². The van der Waals surface area contributed by atoms with E-state index < -0.39 is 35.1 Å². The summed E-state index contributed by atoms with van der Waals surface area (Å²) in [7, 11) is 0. The number of halogens is 4. The van der Waals surface area contributed by atoms with Crippen molar-refractivity contribution < 1.29 is 31.6 Å². The predicted molar refractivity (Wildman–Crippen MR) is 99.5 cm³/mol. The van der Waals surface area contributed by atoms with Crippen LogP contribution >= 0.6 is 0 Å². The van der Waals surface area contributed by atoms with E-state index in [2.05, 4.69) is 20.0 Å². The van der Waals surface area contributed by atoms with Gasteiger partial charge in [0.1, 0.15) is 29.5 Å². The monoisotopic (exact) mass is 438 g/mol. The van der Waals surface area contributed by atoms with E-state index in [1.54, 1.807) is 4.90 Å². The fraction of sp³-hybridized carbons (Fsp3) is 0.211. The van der Waals surface area contributed by atoms with Crippen LogP contribution in [-0.4, -0.2) is 35.2 Å². The Bertz CT molecular complexity index is 1150. The number of aromatic nitrogens is 2. The zero-order valence-electron chi connectivity index (χ0n) is 15.6. The second-order valence-corrected chi connectivity index (χ2v) is 6.72. The Morgan fingerprint density at radius 1 is 1.26 bits per heavy atom. The van der Waals surface area contributed by atoms with Gasteiger partial charge in [-0.1, -0.05) is 5.16 Å². The van der Waals surface area contributed by atoms with E-state index in [-0.39, 0.29) is 30.2 Å². The molecule has 1 amide bonds. The quantitative estimate of drug-likeness (QED) is 0.594. The summed E-state index contributed by atoms with van der Waals surface area (Å²) in [6.07, 6.45) is -2.66. The number of carbonyl (C=O) groups excluding carboxylic acids is 1. The maximum absolute atomic E-state index is 13.5. The van der Waals surface area contributed by atoms with Crippen LogP contribution in [0.5, 0.6) is 5.75 Å². The Balaban J connectivity index is 1.47. The Labute approximate surface area is 171 Å². The van der Waals surface area contributed by atoms with Crippen LogP contribution < -0.4 is 20.5 Å². The lowest BCUT2D eigenvalue weighted by Crippen LogP contribution is -2.55. The van der Waals surface area contributed by atoms with Gasteiger partial charge >= 0.3 is 6.18 Å². The van der Waals surface area contributed by atoms with E-state index in [0.29, 0.717) is 11.8 Å². The zero-order valence-corrected chi connectivity index (χ0v) is 15.6. The van der Waals surface area contributed by atoms with E-state index in [1.165, 1.54) is 24.6 Å². The number of anilines is 2. The molecule has 1 saturated heterocycles. The zero-order chi connectivity index (χ0) is 22.2. The van der Waals surface area contributed by atoms with E-state index in [0.717, 1.165) is 12.1 Å². The van der Waals surface area contributed by atoms with Gasteiger partial charge in [-0.05, 0) is 18.2 Å². The highest BCUT2D eigenvalue weighted by Gasteiger charge is 2.34. The van der Waals surface area contributed by atoms with E-state index >= 15 is 0 Å². The van der Waals surface area contributed by atoms with Crippen LogP contribution in [-0.2, 0) is 6.18 Å². The Hall–Kier alpha value is -3.83. The first-order valence-electron chi connectivity index (χ1n) is 8.93. The SMILES string of the molecule is O=C(Nc1ccon1)c1c(N2CC(Oc3cc(F)cc(C(F)(F)F)c3)C2)cc[nH]c1=O. The molecule has 1 aromatic carbocycles. The molecule has 3 heterocycles. The van der Waals surface area contributed by atoms with E-state index in [1.807, 2.05) is 0 Å². The largest absolute Gasteiger partial charge is 0.487 e. The standard InChI is InChI=1S/C19H14F4N4O4/c20-11-5-10(19(21,22)23)6-12(7-11)31-13-8-27(9-13)14-1-3-24-17(28)16(14)18(29)25-15-2-4-30-26-15/h1-7,13H,8-9H2,(H,24,28)(H,25,26,29). The van der Waals surface area contributed by atoms with E-state index in [4.69, 9.17) is 4.74 Å². The van der Waals surface area contributed by atoms with Crippen LogP contribution in [0.4, 0.5) is 29.1 Å². The Kier molecular flexibility index (Phi) is 5.13. The number of hydrogen-bond donors (Lipinski definition) is 2. The molecule has 2 N–H and O–H groups in total. The molecule has 0 bridgehead atoms. The molecule has 0 aliphatic carbocycles. The number of nitrogens with zero attached hydrogens (tertiary/aromatic N) is 2. The minimum atomic E-state index is -4.71. The smallest absolute Gasteiger partial charge is 0.416 e. The number of nitrogens with one attached hydrogen (secondary N) is 2. The van der Waals surface area contributed by atoms with Crippen LogP contribution in [0.2, 0.25) is 0 Å². The number of amides is 1. The van der Waals surface area contributed by atoms with Crippen molar-refractivity contribution in [3.63, 3.8) is 0 Å². The number of rotatable bonds is 5. The number of H-pyrrole nitrogens is 1. The number of pyridine rings is 1. The normalized spacial score (nSPS) is 14.3. The van der Waals surface area contributed by atoms with Gasteiger partial charge in [0.2, 0.25) is 0 Å². The number of aromatic amines is 1. The van der Waals surface area contributed by atoms with Gasteiger partial charge in [0, 0.05) is 18.3 Å². The van der Waals surface area contributed by atoms with Crippen LogP contribution in [0.1, 0.15) is 15.9 Å². The third-order valence-corrected chi connectivity index (χ3v) is 4.54. The average molecular weight is 438 g/mol. The first-order chi connectivity index (χ1) is 14.7. The summed E-state index contributed by atoms with van der Waals surface area (Å²) >= 11 is 0. The molecule has 162 valence electrons. The third-order valence-electron chi connectivity index (χ3n) is 4.54. The summed E-state index contributed by atoms with van der Waals surface area (Å²) in [5, 5.41) is 5.98. The van der Waals surface area contributed by atoms with Crippen LogP contribution in [0, 0.1) is 5.82 Å². The molecule has 31 heavy (non-hydrogen) atoms. The number of carbonyl (C=O) groups is 1. The van der Waals surface area contributed by atoms with Crippen molar-refractivity contribution in [2.24, 2.45) is 0 Å². The Morgan fingerprint density at radius 3 is 2.71 bits per heavy atom. The van der Waals surface area contributed by atoms with Crippen LogP contribution in [0.25, 0.3) is 0 Å². The van der Waals surface area contributed by atoms with Crippen molar-refractivity contribution in [1.29, 1.82) is 0 Å². The fourth-order valence-electron chi connectivity index (χ4n) is 3.10. The van der Waals surface area contributed by atoms with Crippen molar-refractivity contribution in [3.8, 4) is 5.75 Å². The fourth-order valence-corrected chi connectivity index (χ4v) is 3.10. The molecule has 3 aromatic rings. The molecule has 12 heteroatoms. The maximum Gasteiger partial charge on any atom is 0.416 e. The highest BCUT2D eigenvalue weighted by Crippen LogP contribution is 2.33. The maximum atomic E-state index is 13.5. The van der Waals surface area contributed by atoms with Gasteiger partial charge < -0.3 is 24.5 Å². The van der Waals surface area contributed by atoms with Crippen molar-refractivity contribution >= 4 is 17.4 Å². The summed E-state index contributed by atoms with van der Waals surface area (Å²) in [6, 6.07) is 4.88. The first-order valence-corrected chi connectivity index (χ1v) is 8.93. The third kappa shape index (κ3) is 4.37. The van der Waals surface area contributed by atoms with Gasteiger partial charge in [-0.15, -0.1) is 0 Å². The summed E-state index contributed by atoms with van der Waals surface area (Å²) < 4.78 is 62.1.